The summed E-state index contributed by atoms with van der Waals surface area (Å²) in [5, 5.41) is 4.45. The van der Waals surface area contributed by atoms with Gasteiger partial charge in [0.25, 0.3) is 0 Å². The van der Waals surface area contributed by atoms with Gasteiger partial charge >= 0.3 is 0 Å². The van der Waals surface area contributed by atoms with E-state index in [0.717, 1.165) is 12.3 Å². The smallest absolute Gasteiger partial charge is 0.142 e. The first-order valence-corrected chi connectivity index (χ1v) is 7.39. The minimum atomic E-state index is 0.573. The molecule has 1 aromatic carbocycles. The molecule has 104 valence electrons. The molecule has 0 amide bonds. The molecule has 0 unspecified atom stereocenters. The van der Waals surface area contributed by atoms with Gasteiger partial charge in [-0.15, -0.1) is 0 Å². The van der Waals surface area contributed by atoms with Crippen molar-refractivity contribution in [1.29, 1.82) is 0 Å². The van der Waals surface area contributed by atoms with Crippen LogP contribution in [0.2, 0.25) is 0 Å². The fraction of sp³-hybridized carbons (Fsp3) is 0.588. The molecule has 0 aromatic heterocycles. The summed E-state index contributed by atoms with van der Waals surface area (Å²) in [6.45, 7) is 7.45. The lowest BCUT2D eigenvalue weighted by atomic mass is 9.76. The molecule has 0 spiro atoms. The molecule has 2 atom stereocenters. The van der Waals surface area contributed by atoms with Crippen LogP contribution in [0.25, 0.3) is 0 Å². The van der Waals surface area contributed by atoms with Gasteiger partial charge in [-0.25, -0.2) is 0 Å². The number of oxime groups is 1. The van der Waals surface area contributed by atoms with Crippen molar-refractivity contribution in [3.8, 4) is 0 Å². The number of nitrogens with zero attached hydrogens (tertiary/aromatic N) is 1. The molecule has 2 heteroatoms. The second-order valence-corrected chi connectivity index (χ2v) is 6.08. The van der Waals surface area contributed by atoms with E-state index in [2.05, 4.69) is 38.1 Å². The summed E-state index contributed by atoms with van der Waals surface area (Å²) in [6.07, 6.45) is 3.67. The van der Waals surface area contributed by atoms with Crippen molar-refractivity contribution in [3.05, 3.63) is 35.9 Å². The average molecular weight is 259 g/mol. The van der Waals surface area contributed by atoms with Gasteiger partial charge in [0, 0.05) is 5.92 Å². The van der Waals surface area contributed by atoms with E-state index in [1.54, 1.807) is 0 Å². The molecule has 2 rings (SSSR count). The second-order valence-electron chi connectivity index (χ2n) is 6.08. The monoisotopic (exact) mass is 259 g/mol. The minimum Gasteiger partial charge on any atom is -0.391 e. The van der Waals surface area contributed by atoms with Crippen LogP contribution in [0.3, 0.4) is 0 Å². The minimum absolute atomic E-state index is 0.573. The molecule has 1 aliphatic rings. The molecular formula is C17H25NO. The van der Waals surface area contributed by atoms with Crippen LogP contribution in [-0.4, -0.2) is 5.71 Å². The van der Waals surface area contributed by atoms with Gasteiger partial charge in [-0.2, -0.15) is 0 Å². The number of rotatable bonds is 4. The van der Waals surface area contributed by atoms with Crippen LogP contribution >= 0.6 is 0 Å². The van der Waals surface area contributed by atoms with E-state index in [9.17, 15) is 0 Å². The number of hydrogen-bond donors (Lipinski definition) is 0. The lowest BCUT2D eigenvalue weighted by molar-refractivity contribution is 0.125. The van der Waals surface area contributed by atoms with Crippen molar-refractivity contribution >= 4 is 5.71 Å². The first kappa shape index (κ1) is 14.1. The van der Waals surface area contributed by atoms with Crippen LogP contribution in [0.15, 0.2) is 35.5 Å². The summed E-state index contributed by atoms with van der Waals surface area (Å²) >= 11 is 0. The van der Waals surface area contributed by atoms with Crippen LogP contribution in [0, 0.1) is 17.8 Å². The van der Waals surface area contributed by atoms with E-state index >= 15 is 0 Å². The number of hydrogen-bond acceptors (Lipinski definition) is 2. The van der Waals surface area contributed by atoms with E-state index in [0.29, 0.717) is 18.4 Å². The summed E-state index contributed by atoms with van der Waals surface area (Å²) < 4.78 is 0. The zero-order valence-electron chi connectivity index (χ0n) is 12.3. The highest BCUT2D eigenvalue weighted by molar-refractivity contribution is 5.87. The Hall–Kier alpha value is -1.31. The Kier molecular flexibility index (Phi) is 5.00. The van der Waals surface area contributed by atoms with Crippen molar-refractivity contribution < 1.29 is 4.84 Å². The fourth-order valence-corrected chi connectivity index (χ4v) is 2.83. The Morgan fingerprint density at radius 3 is 2.63 bits per heavy atom. The van der Waals surface area contributed by atoms with Gasteiger partial charge in [-0.05, 0) is 36.7 Å². The molecule has 1 saturated carbocycles. The highest BCUT2D eigenvalue weighted by Gasteiger charge is 2.27. The summed E-state index contributed by atoms with van der Waals surface area (Å²) in [5.41, 5.74) is 2.45. The maximum atomic E-state index is 5.58. The molecule has 0 saturated heterocycles. The molecule has 0 radical (unpaired) electrons. The normalized spacial score (nSPS) is 25.8. The Morgan fingerprint density at radius 2 is 1.95 bits per heavy atom. The Balaban J connectivity index is 1.95. The Morgan fingerprint density at radius 1 is 1.21 bits per heavy atom. The van der Waals surface area contributed by atoms with Crippen molar-refractivity contribution in [2.24, 2.45) is 22.9 Å². The van der Waals surface area contributed by atoms with E-state index in [-0.39, 0.29) is 0 Å². The Bertz CT molecular complexity index is 411. The van der Waals surface area contributed by atoms with Crippen LogP contribution < -0.4 is 0 Å². The lowest BCUT2D eigenvalue weighted by Gasteiger charge is -2.30. The maximum Gasteiger partial charge on any atom is 0.142 e. The van der Waals surface area contributed by atoms with E-state index in [4.69, 9.17) is 4.84 Å². The third-order valence-corrected chi connectivity index (χ3v) is 4.02. The first-order valence-electron chi connectivity index (χ1n) is 7.39. The highest BCUT2D eigenvalue weighted by Crippen LogP contribution is 2.31. The van der Waals surface area contributed by atoms with E-state index in [1.165, 1.54) is 24.1 Å². The molecule has 0 N–H and O–H groups in total. The van der Waals surface area contributed by atoms with Crippen molar-refractivity contribution in [2.45, 2.75) is 46.6 Å². The predicted molar refractivity (Wildman–Crippen MR) is 80.0 cm³/mol. The molecule has 0 bridgehead atoms. The van der Waals surface area contributed by atoms with Gasteiger partial charge in [-0.3, -0.25) is 0 Å². The van der Waals surface area contributed by atoms with Crippen LogP contribution in [-0.2, 0) is 11.4 Å². The van der Waals surface area contributed by atoms with Gasteiger partial charge in [0.2, 0.25) is 0 Å². The largest absolute Gasteiger partial charge is 0.391 e. The molecule has 19 heavy (non-hydrogen) atoms. The standard InChI is InChI=1S/C17H25NO/c1-13(2)16-10-9-14(3)11-17(16)18-19-12-15-7-5-4-6-8-15/h4-8,13-14,16H,9-12H2,1-3H3/b18-17-/t14-,16+/m1/s1. The third-order valence-electron chi connectivity index (χ3n) is 4.02. The van der Waals surface area contributed by atoms with E-state index in [1.807, 2.05) is 18.2 Å². The molecule has 1 aliphatic carbocycles. The quantitative estimate of drug-likeness (QED) is 0.721. The average Bonchev–Trinajstić information content (AvgIpc) is 2.39. The van der Waals surface area contributed by atoms with E-state index < -0.39 is 0 Å². The highest BCUT2D eigenvalue weighted by atomic mass is 16.6. The van der Waals surface area contributed by atoms with Crippen LogP contribution in [0.5, 0.6) is 0 Å². The molecule has 1 aromatic rings. The molecule has 0 aliphatic heterocycles. The molecule has 2 nitrogen and oxygen atoms in total. The van der Waals surface area contributed by atoms with Crippen LogP contribution in [0.1, 0.15) is 45.6 Å². The summed E-state index contributed by atoms with van der Waals surface area (Å²) in [6, 6.07) is 10.2. The first-order chi connectivity index (χ1) is 9.16. The zero-order chi connectivity index (χ0) is 13.7. The molecule has 0 heterocycles. The Labute approximate surface area is 116 Å². The second kappa shape index (κ2) is 6.74. The third kappa shape index (κ3) is 4.09. The van der Waals surface area contributed by atoms with Gasteiger partial charge in [-0.1, -0.05) is 56.3 Å². The van der Waals surface area contributed by atoms with Crippen molar-refractivity contribution in [2.75, 3.05) is 0 Å². The predicted octanol–water partition coefficient (Wildman–Crippen LogP) is 4.65. The molecular weight excluding hydrogens is 234 g/mol. The fourth-order valence-electron chi connectivity index (χ4n) is 2.83. The van der Waals surface area contributed by atoms with Gasteiger partial charge < -0.3 is 4.84 Å². The van der Waals surface area contributed by atoms with Crippen molar-refractivity contribution in [1.82, 2.24) is 0 Å². The van der Waals surface area contributed by atoms with Gasteiger partial charge in [0.05, 0.1) is 5.71 Å². The topological polar surface area (TPSA) is 21.6 Å². The van der Waals surface area contributed by atoms with Gasteiger partial charge in [0.1, 0.15) is 6.61 Å². The zero-order valence-corrected chi connectivity index (χ0v) is 12.3. The summed E-state index contributed by atoms with van der Waals surface area (Å²) in [4.78, 5) is 5.58. The summed E-state index contributed by atoms with van der Waals surface area (Å²) in [5.74, 6) is 2.01. The van der Waals surface area contributed by atoms with Crippen LogP contribution in [0.4, 0.5) is 0 Å². The molecule has 1 fully saturated rings. The summed E-state index contributed by atoms with van der Waals surface area (Å²) in [7, 11) is 0. The number of benzene rings is 1. The lowest BCUT2D eigenvalue weighted by Crippen LogP contribution is -2.28. The van der Waals surface area contributed by atoms with Crippen molar-refractivity contribution in [3.63, 3.8) is 0 Å². The maximum absolute atomic E-state index is 5.58. The SMILES string of the molecule is CC(C)[C@@H]1CC[C@@H](C)C/C1=N/OCc1ccccc1. The van der Waals surface area contributed by atoms with Gasteiger partial charge in [0.15, 0.2) is 0 Å².